The number of carbonyl (C=O) groups excluding carboxylic acids is 1. The molecule has 0 aromatic heterocycles. The summed E-state index contributed by atoms with van der Waals surface area (Å²) in [5.41, 5.74) is 0.775. The molecule has 2 aromatic carbocycles. The van der Waals surface area contributed by atoms with Gasteiger partial charge in [0.1, 0.15) is 5.56 Å². The van der Waals surface area contributed by atoms with Crippen molar-refractivity contribution in [1.82, 2.24) is 0 Å². The Hall–Kier alpha value is -1.36. The van der Waals surface area contributed by atoms with Crippen LogP contribution in [0, 0.1) is 0 Å². The third-order valence-corrected chi connectivity index (χ3v) is 3.64. The Balaban J connectivity index is 2.40. The second-order valence-electron chi connectivity index (χ2n) is 3.91. The molecule has 2 aromatic rings. The minimum absolute atomic E-state index is 0.193. The van der Waals surface area contributed by atoms with Crippen LogP contribution in [-0.2, 0) is 0 Å². The highest BCUT2D eigenvalue weighted by Crippen LogP contribution is 2.34. The Kier molecular flexibility index (Phi) is 4.81. The summed E-state index contributed by atoms with van der Waals surface area (Å²) < 4.78 is 5.15. The molecule has 6 heteroatoms. The first-order chi connectivity index (χ1) is 9.54. The summed E-state index contributed by atoms with van der Waals surface area (Å²) in [4.78, 5) is 13.0. The Bertz CT molecular complexity index is 662. The number of rotatable bonds is 3. The topological polar surface area (TPSA) is 38.3 Å². The standard InChI is InChI=1S/C14H11Cl2NO2S/c1-19-13-9(16)7-6-8(15)12(13)14(18)17-10-4-2-3-5-11(10)20/h2-7,20H,1H3,(H,17,18). The molecule has 0 bridgehead atoms. The van der Waals surface area contributed by atoms with Crippen LogP contribution in [0.1, 0.15) is 10.4 Å². The van der Waals surface area contributed by atoms with Gasteiger partial charge in [0.05, 0.1) is 22.8 Å². The highest BCUT2D eigenvalue weighted by Gasteiger charge is 2.20. The van der Waals surface area contributed by atoms with Gasteiger partial charge in [0.25, 0.3) is 5.91 Å². The molecule has 3 nitrogen and oxygen atoms in total. The summed E-state index contributed by atoms with van der Waals surface area (Å²) in [7, 11) is 1.43. The van der Waals surface area contributed by atoms with E-state index in [0.29, 0.717) is 15.6 Å². The number of hydrogen-bond donors (Lipinski definition) is 2. The van der Waals surface area contributed by atoms with Gasteiger partial charge in [0, 0.05) is 4.90 Å². The van der Waals surface area contributed by atoms with Crippen LogP contribution < -0.4 is 10.1 Å². The van der Waals surface area contributed by atoms with Crippen LogP contribution in [0.2, 0.25) is 10.0 Å². The fourth-order valence-electron chi connectivity index (χ4n) is 1.71. The number of anilines is 1. The van der Waals surface area contributed by atoms with Gasteiger partial charge in [-0.05, 0) is 24.3 Å². The largest absolute Gasteiger partial charge is 0.494 e. The van der Waals surface area contributed by atoms with E-state index in [9.17, 15) is 4.79 Å². The lowest BCUT2D eigenvalue weighted by molar-refractivity contribution is 0.102. The van der Waals surface area contributed by atoms with Gasteiger partial charge in [0.15, 0.2) is 5.75 Å². The van der Waals surface area contributed by atoms with Crippen LogP contribution in [0.25, 0.3) is 0 Å². The zero-order chi connectivity index (χ0) is 14.7. The number of ether oxygens (including phenoxy) is 1. The van der Waals surface area contributed by atoms with E-state index >= 15 is 0 Å². The molecule has 0 aliphatic carbocycles. The van der Waals surface area contributed by atoms with E-state index in [1.165, 1.54) is 7.11 Å². The van der Waals surface area contributed by atoms with E-state index in [2.05, 4.69) is 17.9 Å². The van der Waals surface area contributed by atoms with Crippen molar-refractivity contribution in [2.45, 2.75) is 4.90 Å². The number of halogens is 2. The van der Waals surface area contributed by atoms with Crippen molar-refractivity contribution in [3.05, 3.63) is 52.0 Å². The molecule has 0 aliphatic heterocycles. The quantitative estimate of drug-likeness (QED) is 0.812. The lowest BCUT2D eigenvalue weighted by Crippen LogP contribution is -2.14. The monoisotopic (exact) mass is 327 g/mol. The summed E-state index contributed by atoms with van der Waals surface area (Å²) in [5, 5.41) is 3.32. The molecule has 0 radical (unpaired) electrons. The molecule has 0 atom stereocenters. The van der Waals surface area contributed by atoms with E-state index in [1.807, 2.05) is 6.07 Å². The molecule has 0 unspecified atom stereocenters. The summed E-state index contributed by atoms with van der Waals surface area (Å²) in [6.45, 7) is 0. The minimum Gasteiger partial charge on any atom is -0.494 e. The molecular formula is C14H11Cl2NO2S. The van der Waals surface area contributed by atoms with E-state index in [0.717, 1.165) is 0 Å². The third kappa shape index (κ3) is 3.03. The molecule has 0 aliphatic rings. The zero-order valence-electron chi connectivity index (χ0n) is 10.5. The predicted octanol–water partition coefficient (Wildman–Crippen LogP) is 4.54. The van der Waals surface area contributed by atoms with E-state index < -0.39 is 5.91 Å². The molecule has 0 heterocycles. The number of benzene rings is 2. The Morgan fingerprint density at radius 2 is 1.80 bits per heavy atom. The van der Waals surface area contributed by atoms with Gasteiger partial charge in [-0.15, -0.1) is 12.6 Å². The number of para-hydroxylation sites is 1. The van der Waals surface area contributed by atoms with Crippen LogP contribution >= 0.6 is 35.8 Å². The maximum Gasteiger partial charge on any atom is 0.261 e. The Morgan fingerprint density at radius 1 is 1.15 bits per heavy atom. The number of amides is 1. The molecule has 0 saturated heterocycles. The third-order valence-electron chi connectivity index (χ3n) is 2.64. The molecule has 2 rings (SSSR count). The second kappa shape index (κ2) is 6.39. The van der Waals surface area contributed by atoms with Crippen molar-refractivity contribution in [2.24, 2.45) is 0 Å². The van der Waals surface area contributed by atoms with Crippen LogP contribution in [0.15, 0.2) is 41.3 Å². The van der Waals surface area contributed by atoms with Gasteiger partial charge in [-0.2, -0.15) is 0 Å². The lowest BCUT2D eigenvalue weighted by Gasteiger charge is -2.13. The molecule has 0 saturated carbocycles. The average molecular weight is 328 g/mol. The van der Waals surface area contributed by atoms with E-state index in [-0.39, 0.29) is 16.3 Å². The zero-order valence-corrected chi connectivity index (χ0v) is 12.9. The Labute approximate surface area is 132 Å². The van der Waals surface area contributed by atoms with Crippen molar-refractivity contribution >= 4 is 47.4 Å². The highest BCUT2D eigenvalue weighted by molar-refractivity contribution is 7.80. The number of methoxy groups -OCH3 is 1. The van der Waals surface area contributed by atoms with Crippen molar-refractivity contribution in [1.29, 1.82) is 0 Å². The second-order valence-corrected chi connectivity index (χ2v) is 5.20. The SMILES string of the molecule is COc1c(Cl)ccc(Cl)c1C(=O)Nc1ccccc1S. The smallest absolute Gasteiger partial charge is 0.261 e. The van der Waals surface area contributed by atoms with Gasteiger partial charge >= 0.3 is 0 Å². The molecular weight excluding hydrogens is 317 g/mol. The summed E-state index contributed by atoms with van der Waals surface area (Å²) >= 11 is 16.3. The van der Waals surface area contributed by atoms with Crippen molar-refractivity contribution in [2.75, 3.05) is 12.4 Å². The predicted molar refractivity (Wildman–Crippen MR) is 84.7 cm³/mol. The molecule has 0 fully saturated rings. The van der Waals surface area contributed by atoms with Crippen molar-refractivity contribution < 1.29 is 9.53 Å². The molecule has 104 valence electrons. The van der Waals surface area contributed by atoms with Gasteiger partial charge in [-0.3, -0.25) is 4.79 Å². The summed E-state index contributed by atoms with van der Waals surface area (Å²) in [5.74, 6) is -0.163. The number of nitrogens with one attached hydrogen (secondary N) is 1. The fraction of sp³-hybridized carbons (Fsp3) is 0.0714. The molecule has 20 heavy (non-hydrogen) atoms. The van der Waals surface area contributed by atoms with Gasteiger partial charge in [-0.25, -0.2) is 0 Å². The maximum atomic E-state index is 12.4. The summed E-state index contributed by atoms with van der Waals surface area (Å²) in [6, 6.07) is 10.3. The van der Waals surface area contributed by atoms with Gasteiger partial charge in [-0.1, -0.05) is 35.3 Å². The molecule has 0 spiro atoms. The number of hydrogen-bond acceptors (Lipinski definition) is 3. The van der Waals surface area contributed by atoms with Crippen LogP contribution in [0.5, 0.6) is 5.75 Å². The fourth-order valence-corrected chi connectivity index (χ4v) is 2.39. The first-order valence-electron chi connectivity index (χ1n) is 5.66. The van der Waals surface area contributed by atoms with Crippen LogP contribution in [0.3, 0.4) is 0 Å². The summed E-state index contributed by atoms with van der Waals surface area (Å²) in [6.07, 6.45) is 0. The van der Waals surface area contributed by atoms with Crippen LogP contribution in [0.4, 0.5) is 5.69 Å². The van der Waals surface area contributed by atoms with E-state index in [4.69, 9.17) is 27.9 Å². The Morgan fingerprint density at radius 3 is 2.45 bits per heavy atom. The van der Waals surface area contributed by atoms with E-state index in [1.54, 1.807) is 30.3 Å². The van der Waals surface area contributed by atoms with Crippen LogP contribution in [-0.4, -0.2) is 13.0 Å². The number of carbonyl (C=O) groups is 1. The van der Waals surface area contributed by atoms with Crippen molar-refractivity contribution in [3.8, 4) is 5.75 Å². The van der Waals surface area contributed by atoms with Gasteiger partial charge in [0.2, 0.25) is 0 Å². The maximum absolute atomic E-state index is 12.4. The first-order valence-corrected chi connectivity index (χ1v) is 6.86. The molecule has 1 N–H and O–H groups in total. The average Bonchev–Trinajstić information content (AvgIpc) is 2.43. The van der Waals surface area contributed by atoms with Crippen molar-refractivity contribution in [3.63, 3.8) is 0 Å². The first kappa shape index (κ1) is 15.0. The number of thiol groups is 1. The molecule has 1 amide bonds. The normalized spacial score (nSPS) is 10.2. The lowest BCUT2D eigenvalue weighted by atomic mass is 10.1. The van der Waals surface area contributed by atoms with Gasteiger partial charge < -0.3 is 10.1 Å². The minimum atomic E-state index is -0.407. The highest BCUT2D eigenvalue weighted by atomic mass is 35.5.